The van der Waals surface area contributed by atoms with Crippen LogP contribution in [-0.2, 0) is 13.7 Å². The first-order valence-electron chi connectivity index (χ1n) is 10.8. The fraction of sp³-hybridized carbons (Fsp3) is 0.143. The van der Waals surface area contributed by atoms with Crippen molar-refractivity contribution >= 4 is 60.6 Å². The monoisotopic (exact) mass is 687 g/mol. The van der Waals surface area contributed by atoms with Crippen LogP contribution in [0.15, 0.2) is 72.8 Å². The Kier molecular flexibility index (Phi) is 13.6. The van der Waals surface area contributed by atoms with Crippen LogP contribution in [0.1, 0.15) is 0 Å². The van der Waals surface area contributed by atoms with Gasteiger partial charge in [-0.1, -0.05) is 0 Å². The minimum Gasteiger partial charge on any atom is -0.425 e. The first-order chi connectivity index (χ1) is 19.1. The highest BCUT2D eigenvalue weighted by Gasteiger charge is 2.21. The molecule has 228 valence electrons. The van der Waals surface area contributed by atoms with E-state index in [1.807, 2.05) is 0 Å². The van der Waals surface area contributed by atoms with Crippen LogP contribution in [-0.4, -0.2) is 39.7 Å². The summed E-state index contributed by atoms with van der Waals surface area (Å²) in [7, 11) is -7.15. The van der Waals surface area contributed by atoms with Crippen molar-refractivity contribution in [1.82, 2.24) is 0 Å². The number of nitro groups is 3. The molecule has 1 unspecified atom stereocenters. The molecule has 3 aromatic carbocycles. The molecule has 0 aliphatic rings. The second-order valence-corrected chi connectivity index (χ2v) is 17.4. The third kappa shape index (κ3) is 16.1. The average molecular weight is 688 g/mol. The highest BCUT2D eigenvalue weighted by Crippen LogP contribution is 2.52. The van der Waals surface area contributed by atoms with Gasteiger partial charge in [0.1, 0.15) is 17.2 Å². The maximum Gasteiger partial charge on any atom is 0.427 e. The Balaban J connectivity index is 0.000000393. The fourth-order valence-electron chi connectivity index (χ4n) is 2.48. The molecule has 3 aromatic rings. The topological polar surface area (TPSA) is 229 Å². The molecule has 0 radical (unpaired) electrons. The van der Waals surface area contributed by atoms with E-state index >= 15 is 0 Å². The second-order valence-electron chi connectivity index (χ2n) is 7.82. The molecule has 1 N–H and O–H groups in total. The number of nitrogens with zero attached hydrogens (tertiary/aromatic N) is 3. The Morgan fingerprint density at radius 2 is 0.786 bits per heavy atom. The second kappa shape index (κ2) is 15.6. The molecule has 0 spiro atoms. The van der Waals surface area contributed by atoms with E-state index in [0.717, 1.165) is 6.66 Å². The molecule has 0 amide bonds. The Labute approximate surface area is 247 Å². The van der Waals surface area contributed by atoms with Crippen molar-refractivity contribution in [3.63, 3.8) is 0 Å². The van der Waals surface area contributed by atoms with Gasteiger partial charge in [0.15, 0.2) is 0 Å². The lowest BCUT2D eigenvalue weighted by Gasteiger charge is -2.15. The zero-order valence-corrected chi connectivity index (χ0v) is 25.9. The van der Waals surface area contributed by atoms with Crippen LogP contribution in [0.3, 0.4) is 0 Å². The van der Waals surface area contributed by atoms with Gasteiger partial charge < -0.3 is 18.5 Å². The lowest BCUT2D eigenvalue weighted by molar-refractivity contribution is -0.385. The zero-order valence-electron chi connectivity index (χ0n) is 21.7. The molecule has 0 aromatic heterocycles. The summed E-state index contributed by atoms with van der Waals surface area (Å²) < 4.78 is 47.8. The summed E-state index contributed by atoms with van der Waals surface area (Å²) in [6.45, 7) is 3.53. The largest absolute Gasteiger partial charge is 0.427 e. The summed E-state index contributed by atoms with van der Waals surface area (Å²) in [4.78, 5) is 38.5. The van der Waals surface area contributed by atoms with Gasteiger partial charge in [0, 0.05) is 49.7 Å². The van der Waals surface area contributed by atoms with Crippen LogP contribution in [0.5, 0.6) is 17.2 Å². The molecule has 0 aliphatic carbocycles. The van der Waals surface area contributed by atoms with E-state index in [1.54, 1.807) is 0 Å². The van der Waals surface area contributed by atoms with Crippen LogP contribution in [0.25, 0.3) is 0 Å². The molecule has 0 saturated heterocycles. The lowest BCUT2D eigenvalue weighted by atomic mass is 10.3. The van der Waals surface area contributed by atoms with Crippen LogP contribution in [0.2, 0.25) is 0 Å². The summed E-state index contributed by atoms with van der Waals surface area (Å²) >= 11 is 9.70. The third-order valence-corrected chi connectivity index (χ3v) is 5.59. The van der Waals surface area contributed by atoms with Crippen molar-refractivity contribution in [1.29, 1.82) is 0 Å². The van der Waals surface area contributed by atoms with E-state index in [2.05, 4.69) is 4.52 Å². The zero-order chi connectivity index (χ0) is 32.3. The Bertz CT molecular complexity index is 1460. The molecule has 0 fully saturated rings. The van der Waals surface area contributed by atoms with E-state index in [9.17, 15) is 44.0 Å². The summed E-state index contributed by atoms with van der Waals surface area (Å²) in [5.41, 5.74) is -0.347. The van der Waals surface area contributed by atoms with Gasteiger partial charge >= 0.3 is 15.2 Å². The van der Waals surface area contributed by atoms with E-state index in [4.69, 9.17) is 36.4 Å². The first kappa shape index (κ1) is 36.5. The number of benzene rings is 3. The van der Waals surface area contributed by atoms with Crippen molar-refractivity contribution < 1.29 is 46.9 Å². The molecule has 0 aliphatic heterocycles. The van der Waals surface area contributed by atoms with Gasteiger partial charge in [0.05, 0.1) is 21.4 Å². The third-order valence-electron chi connectivity index (χ3n) is 3.96. The highest BCUT2D eigenvalue weighted by atomic mass is 35.9. The van der Waals surface area contributed by atoms with E-state index < -0.39 is 35.8 Å². The van der Waals surface area contributed by atoms with Crippen molar-refractivity contribution in [2.24, 2.45) is 0 Å². The maximum absolute atomic E-state index is 12.3. The minimum atomic E-state index is -3.60. The normalized spacial score (nSPS) is 12.1. The molecule has 42 heavy (non-hydrogen) atoms. The predicted octanol–water partition coefficient (Wildman–Crippen LogP) is 7.86. The number of rotatable bonds is 9. The summed E-state index contributed by atoms with van der Waals surface area (Å²) in [6, 6.07) is 15.0. The van der Waals surface area contributed by atoms with Gasteiger partial charge in [-0.3, -0.25) is 34.9 Å². The number of halogens is 2. The van der Waals surface area contributed by atoms with Gasteiger partial charge in [-0.2, -0.15) is 0 Å². The van der Waals surface area contributed by atoms with Crippen molar-refractivity contribution in [3.05, 3.63) is 103 Å². The Morgan fingerprint density at radius 1 is 0.571 bits per heavy atom. The van der Waals surface area contributed by atoms with Crippen LogP contribution >= 0.6 is 43.5 Å². The SMILES string of the molecule is CP(=O)(Cl)Cl.CP(=O)(O)Oc1ccc([N+](=O)[O-])cc1.CP(=O)(Oc1ccc([N+](=O)[O-])cc1)Oc1ccc([N+](=O)[O-])cc1. The van der Waals surface area contributed by atoms with Crippen molar-refractivity contribution in [2.45, 2.75) is 0 Å². The quantitative estimate of drug-likeness (QED) is 0.128. The number of non-ortho nitro benzene ring substituents is 3. The van der Waals surface area contributed by atoms with Crippen LogP contribution < -0.4 is 13.6 Å². The lowest BCUT2D eigenvalue weighted by Crippen LogP contribution is -1.99. The average Bonchev–Trinajstić information content (AvgIpc) is 2.83. The molecule has 0 bridgehead atoms. The summed E-state index contributed by atoms with van der Waals surface area (Å²) in [5.74, 6) is -2.28. The number of nitro benzene ring substituents is 3. The molecule has 3 rings (SSSR count). The highest BCUT2D eigenvalue weighted by molar-refractivity contribution is 8.08. The molecule has 21 heteroatoms. The van der Waals surface area contributed by atoms with E-state index in [-0.39, 0.29) is 34.3 Å². The van der Waals surface area contributed by atoms with Gasteiger partial charge in [-0.25, -0.2) is 9.13 Å². The number of hydrogen-bond acceptors (Lipinski definition) is 12. The molecule has 0 heterocycles. The minimum absolute atomic E-state index is 0.0961. The predicted molar refractivity (Wildman–Crippen MR) is 156 cm³/mol. The van der Waals surface area contributed by atoms with E-state index in [1.165, 1.54) is 86.1 Å². The summed E-state index contributed by atoms with van der Waals surface area (Å²) in [6.07, 6.45) is 0. The Hall–Kier alpha value is -3.51. The smallest absolute Gasteiger partial charge is 0.425 e. The van der Waals surface area contributed by atoms with Gasteiger partial charge in [-0.15, -0.1) is 0 Å². The standard InChI is InChI=1S/C13H11N2O7P.C7H8NO5P.CH3Cl2OP/c1-23(20,21-12-6-2-10(3-7-12)14(16)17)22-13-8-4-11(5-9-13)15(18)19;1-14(11,12)13-7-4-2-6(3-5-7)8(9)10;1-5(2,3)4/h2-9H,1H3;2-5H,1H3,(H,11,12);1H3. The van der Waals surface area contributed by atoms with Gasteiger partial charge in [0.25, 0.3) is 17.1 Å². The van der Waals surface area contributed by atoms with Crippen LogP contribution in [0, 0.1) is 30.3 Å². The molecule has 0 saturated carbocycles. The van der Waals surface area contributed by atoms with E-state index in [0.29, 0.717) is 0 Å². The first-order valence-corrected chi connectivity index (χ1v) is 18.8. The van der Waals surface area contributed by atoms with Crippen LogP contribution in [0.4, 0.5) is 17.1 Å². The molecule has 1 atom stereocenters. The maximum atomic E-state index is 12.3. The van der Waals surface area contributed by atoms with Gasteiger partial charge in [-0.05, 0) is 58.9 Å². The summed E-state index contributed by atoms with van der Waals surface area (Å²) in [5, 5.41) is 31.4. The Morgan fingerprint density at radius 3 is 0.976 bits per heavy atom. The van der Waals surface area contributed by atoms with Crippen molar-refractivity contribution in [2.75, 3.05) is 20.0 Å². The van der Waals surface area contributed by atoms with Gasteiger partial charge in [0.2, 0.25) is 5.85 Å². The fourth-order valence-corrected chi connectivity index (χ4v) is 4.04. The molecule has 16 nitrogen and oxygen atoms in total. The molecular weight excluding hydrogens is 666 g/mol. The molecular formula is C21H22Cl2N3O13P3. The van der Waals surface area contributed by atoms with Crippen molar-refractivity contribution in [3.8, 4) is 17.2 Å². The number of hydrogen-bond donors (Lipinski definition) is 1.